The Hall–Kier alpha value is -2.17. The number of fused-ring (bicyclic) bond motifs is 3. The largest absolute Gasteiger partial charge is 0.405 e. The van der Waals surface area contributed by atoms with E-state index in [1.807, 2.05) is 41.8 Å². The molecule has 0 saturated heterocycles. The number of carbonyl (C=O) groups is 2. The number of likely N-dealkylation sites (N-methyl/N-ethyl adjacent to an activating group) is 1. The fraction of sp³-hybridized carbons (Fsp3) is 0.536. The van der Waals surface area contributed by atoms with Crippen LogP contribution in [0.5, 0.6) is 0 Å². The first kappa shape index (κ1) is 32.7. The molecule has 1 aliphatic carbocycles. The van der Waals surface area contributed by atoms with Crippen LogP contribution in [0.3, 0.4) is 0 Å². The van der Waals surface area contributed by atoms with Crippen LogP contribution in [0.2, 0.25) is 0 Å². The van der Waals surface area contributed by atoms with Gasteiger partial charge in [0.15, 0.2) is 5.69 Å². The first-order chi connectivity index (χ1) is 20.0. The van der Waals surface area contributed by atoms with Gasteiger partial charge in [0.1, 0.15) is 11.9 Å². The second-order valence-electron chi connectivity index (χ2n) is 9.87. The summed E-state index contributed by atoms with van der Waals surface area (Å²) < 4.78 is 53.8. The lowest BCUT2D eigenvalue weighted by Crippen LogP contribution is -2.44. The molecular formula is C28H40N3O8P2S+. The predicted molar refractivity (Wildman–Crippen MR) is 161 cm³/mol. The quantitative estimate of drug-likeness (QED) is 0.133. The van der Waals surface area contributed by atoms with Crippen LogP contribution >= 0.6 is 26.5 Å². The van der Waals surface area contributed by atoms with Crippen LogP contribution in [0.25, 0.3) is 16.2 Å². The molecule has 0 atom stereocenters. The first-order valence-electron chi connectivity index (χ1n) is 14.3. The van der Waals surface area contributed by atoms with Gasteiger partial charge in [-0.25, -0.2) is 4.79 Å². The zero-order valence-corrected chi connectivity index (χ0v) is 27.6. The molecular weight excluding hydrogens is 600 g/mol. The third-order valence-corrected chi connectivity index (χ3v) is 14.2. The van der Waals surface area contributed by atoms with Crippen molar-refractivity contribution in [2.45, 2.75) is 65.8 Å². The van der Waals surface area contributed by atoms with Crippen LogP contribution < -0.4 is 4.40 Å². The first-order valence-corrected chi connectivity index (χ1v) is 18.3. The highest BCUT2D eigenvalue weighted by Gasteiger charge is 2.56. The molecule has 11 nitrogen and oxygen atoms in total. The van der Waals surface area contributed by atoms with E-state index in [2.05, 4.69) is 0 Å². The second kappa shape index (κ2) is 13.6. The third kappa shape index (κ3) is 6.22. The summed E-state index contributed by atoms with van der Waals surface area (Å²) in [5.74, 6) is -1.96. The fourth-order valence-corrected chi connectivity index (χ4v) is 11.9. The average molecular weight is 641 g/mol. The van der Waals surface area contributed by atoms with Crippen molar-refractivity contribution in [1.82, 2.24) is 9.47 Å². The fourth-order valence-electron chi connectivity index (χ4n) is 5.20. The molecule has 3 aromatic rings. The van der Waals surface area contributed by atoms with E-state index in [1.54, 1.807) is 27.7 Å². The Labute approximate surface area is 250 Å². The summed E-state index contributed by atoms with van der Waals surface area (Å²) in [5, 5.41) is 0. The molecule has 2 heterocycles. The summed E-state index contributed by atoms with van der Waals surface area (Å²) in [6, 6.07) is 7.68. The Bertz CT molecular complexity index is 1480. The minimum atomic E-state index is -4.34. The van der Waals surface area contributed by atoms with Gasteiger partial charge in [-0.1, -0.05) is 41.2 Å². The minimum Gasteiger partial charge on any atom is -0.311 e. The number of aryl methyl sites for hydroxylation is 3. The van der Waals surface area contributed by atoms with E-state index >= 15 is 0 Å². The zero-order chi connectivity index (χ0) is 30.7. The smallest absolute Gasteiger partial charge is 0.311 e. The van der Waals surface area contributed by atoms with Gasteiger partial charge < -0.3 is 23.0 Å². The summed E-state index contributed by atoms with van der Waals surface area (Å²) in [4.78, 5) is 31.0. The van der Waals surface area contributed by atoms with E-state index in [0.717, 1.165) is 47.4 Å². The highest BCUT2D eigenvalue weighted by Crippen LogP contribution is 2.71. The van der Waals surface area contributed by atoms with Gasteiger partial charge in [0.2, 0.25) is 5.52 Å². The van der Waals surface area contributed by atoms with Crippen molar-refractivity contribution in [3.05, 3.63) is 46.6 Å². The van der Waals surface area contributed by atoms with Gasteiger partial charge in [0.05, 0.1) is 31.3 Å². The monoisotopic (exact) mass is 640 g/mol. The van der Waals surface area contributed by atoms with Crippen molar-refractivity contribution >= 4 is 43.3 Å². The summed E-state index contributed by atoms with van der Waals surface area (Å²) in [7, 11) is -7.43. The molecule has 2 aromatic heterocycles. The summed E-state index contributed by atoms with van der Waals surface area (Å²) in [6.45, 7) is 8.13. The number of thiazole rings is 1. The van der Waals surface area contributed by atoms with Crippen molar-refractivity contribution in [2.24, 2.45) is 0 Å². The number of imidazole rings is 1. The summed E-state index contributed by atoms with van der Waals surface area (Å²) >= 11 is 1.48. The van der Waals surface area contributed by atoms with Crippen molar-refractivity contribution in [3.63, 3.8) is 0 Å². The highest BCUT2D eigenvalue weighted by molar-refractivity contribution is 7.72. The Balaban J connectivity index is 1.87. The van der Waals surface area contributed by atoms with Crippen molar-refractivity contribution in [3.8, 4) is 11.3 Å². The molecule has 1 aliphatic rings. The van der Waals surface area contributed by atoms with E-state index < -0.39 is 32.5 Å². The van der Waals surface area contributed by atoms with Gasteiger partial charge in [-0.15, -0.1) is 4.57 Å². The molecule has 0 radical (unpaired) electrons. The number of benzene rings is 1. The Kier molecular flexibility index (Phi) is 10.6. The molecule has 0 bridgehead atoms. The van der Waals surface area contributed by atoms with Crippen LogP contribution in [0, 0.1) is 6.92 Å². The van der Waals surface area contributed by atoms with Gasteiger partial charge in [-0.2, -0.15) is 4.40 Å². The van der Waals surface area contributed by atoms with Crippen LogP contribution in [0.1, 0.15) is 61.5 Å². The lowest BCUT2D eigenvalue weighted by atomic mass is 10.0. The molecule has 0 N–H and O–H groups in total. The molecule has 0 aliphatic heterocycles. The van der Waals surface area contributed by atoms with E-state index in [0.29, 0.717) is 10.7 Å². The van der Waals surface area contributed by atoms with E-state index in [9.17, 15) is 18.7 Å². The number of nitrogens with zero attached hydrogens (tertiary/aromatic N) is 3. The molecule has 0 unspecified atom stereocenters. The standard InChI is InChI=1S/C28H40N3O8P2S/c1-7-36-40(34,37-8-2)28(41(35,38-9-3)39-10-4)29(6)25(32)26(33)31-23(21-17-15-20(5)16-18-21)19-30-22-13-11-12-14-24(22)42-27(30)31/h15-19,28H,7-14H2,1-6H3/q+1. The van der Waals surface area contributed by atoms with Gasteiger partial charge in [0, 0.05) is 19.0 Å². The van der Waals surface area contributed by atoms with Gasteiger partial charge in [-0.3, -0.25) is 13.9 Å². The van der Waals surface area contributed by atoms with Crippen molar-refractivity contribution in [1.29, 1.82) is 0 Å². The predicted octanol–water partition coefficient (Wildman–Crippen LogP) is 6.06. The second-order valence-corrected chi connectivity index (χ2v) is 15.5. The Morgan fingerprint density at radius 1 is 0.929 bits per heavy atom. The van der Waals surface area contributed by atoms with E-state index in [1.165, 1.54) is 27.8 Å². The SMILES string of the molecule is CCOP(=O)(OCC)C(N(C)C(=O)C(=O)n1c(-c2ccc(C)cc2)c[n+]2c3c(sc12)CCCC3)P(=O)(OCC)OCC. The number of rotatable bonds is 12. The highest BCUT2D eigenvalue weighted by atomic mass is 32.1. The number of hydrogen-bond acceptors (Lipinski definition) is 9. The van der Waals surface area contributed by atoms with Crippen LogP contribution in [0.15, 0.2) is 30.5 Å². The van der Waals surface area contributed by atoms with E-state index in [-0.39, 0.29) is 26.4 Å². The lowest BCUT2D eigenvalue weighted by molar-refractivity contribution is -0.516. The maximum absolute atomic E-state index is 14.2. The molecule has 230 valence electrons. The van der Waals surface area contributed by atoms with E-state index in [4.69, 9.17) is 18.1 Å². The topological polar surface area (TPSA) is 117 Å². The molecule has 14 heteroatoms. The number of aromatic nitrogens is 2. The van der Waals surface area contributed by atoms with Crippen LogP contribution in [-0.2, 0) is 44.9 Å². The average Bonchev–Trinajstić information content (AvgIpc) is 3.49. The number of amides is 1. The Morgan fingerprint density at radius 2 is 1.45 bits per heavy atom. The molecule has 0 fully saturated rings. The molecule has 0 saturated carbocycles. The van der Waals surface area contributed by atoms with Gasteiger partial charge >= 0.3 is 32.0 Å². The van der Waals surface area contributed by atoms with Crippen molar-refractivity contribution in [2.75, 3.05) is 33.5 Å². The molecule has 0 spiro atoms. The van der Waals surface area contributed by atoms with Crippen LogP contribution in [0.4, 0.5) is 0 Å². The lowest BCUT2D eigenvalue weighted by Gasteiger charge is -2.35. The number of hydrogen-bond donors (Lipinski definition) is 0. The maximum atomic E-state index is 14.2. The molecule has 4 rings (SSSR count). The normalized spacial score (nSPS) is 14.0. The van der Waals surface area contributed by atoms with Gasteiger partial charge in [-0.05, 0) is 53.9 Å². The molecule has 42 heavy (non-hydrogen) atoms. The summed E-state index contributed by atoms with van der Waals surface area (Å²) in [6.07, 6.45) is 5.78. The Morgan fingerprint density at radius 3 is 1.98 bits per heavy atom. The molecule has 1 aromatic carbocycles. The van der Waals surface area contributed by atoms with Gasteiger partial charge in [0.25, 0.3) is 0 Å². The van der Waals surface area contributed by atoms with Crippen LogP contribution in [-0.4, -0.2) is 60.3 Å². The minimum absolute atomic E-state index is 0.0603. The molecule has 1 amide bonds. The zero-order valence-electron chi connectivity index (χ0n) is 25.0. The summed E-state index contributed by atoms with van der Waals surface area (Å²) in [5.41, 5.74) is 1.67. The number of carbonyl (C=O) groups excluding carboxylic acids is 2. The maximum Gasteiger partial charge on any atom is 0.405 e. The third-order valence-electron chi connectivity index (χ3n) is 6.99. The van der Waals surface area contributed by atoms with Crippen molar-refractivity contribution < 1.29 is 41.2 Å².